The Hall–Kier alpha value is -1.65. The maximum absolute atomic E-state index is 5.75. The molecule has 0 saturated carbocycles. The van der Waals surface area contributed by atoms with E-state index in [1.165, 1.54) is 11.1 Å². The van der Waals surface area contributed by atoms with Gasteiger partial charge < -0.3 is 9.26 Å². The van der Waals surface area contributed by atoms with E-state index in [0.717, 1.165) is 43.9 Å². The minimum Gasteiger partial charge on any atom is -0.381 e. The van der Waals surface area contributed by atoms with Crippen molar-refractivity contribution in [2.24, 2.45) is 5.92 Å². The van der Waals surface area contributed by atoms with Gasteiger partial charge in [-0.15, -0.1) is 0 Å². The highest BCUT2D eigenvalue weighted by Gasteiger charge is 2.29. The van der Waals surface area contributed by atoms with E-state index in [4.69, 9.17) is 9.26 Å². The molecule has 0 unspecified atom stereocenters. The number of aryl methyl sites for hydroxylation is 2. The van der Waals surface area contributed by atoms with E-state index in [-0.39, 0.29) is 0 Å². The van der Waals surface area contributed by atoms with Crippen LogP contribution < -0.4 is 0 Å². The lowest BCUT2D eigenvalue weighted by Crippen LogP contribution is -2.44. The predicted octanol–water partition coefficient (Wildman–Crippen LogP) is 3.37. The molecule has 0 radical (unpaired) electrons. The zero-order valence-electron chi connectivity index (χ0n) is 14.3. The molecular weight excluding hydrogens is 288 g/mol. The third kappa shape index (κ3) is 4.21. The zero-order valence-corrected chi connectivity index (χ0v) is 14.3. The largest absolute Gasteiger partial charge is 0.381 e. The lowest BCUT2D eigenvalue weighted by molar-refractivity contribution is -0.00896. The summed E-state index contributed by atoms with van der Waals surface area (Å²) in [7, 11) is 1.84. The first kappa shape index (κ1) is 16.2. The predicted molar refractivity (Wildman–Crippen MR) is 90.3 cm³/mol. The molecule has 2 heterocycles. The molecule has 1 aliphatic heterocycles. The summed E-state index contributed by atoms with van der Waals surface area (Å²) in [5, 5.41) is 4.12. The van der Waals surface area contributed by atoms with Crippen molar-refractivity contribution in [3.63, 3.8) is 0 Å². The fourth-order valence-corrected chi connectivity index (χ4v) is 3.60. The topological polar surface area (TPSA) is 38.5 Å². The van der Waals surface area contributed by atoms with Crippen molar-refractivity contribution >= 4 is 0 Å². The first-order chi connectivity index (χ1) is 11.1. The van der Waals surface area contributed by atoms with Gasteiger partial charge in [0.1, 0.15) is 5.76 Å². The average Bonchev–Trinajstić information content (AvgIpc) is 2.93. The molecule has 0 N–H and O–H groups in total. The van der Waals surface area contributed by atoms with Crippen LogP contribution in [0.3, 0.4) is 0 Å². The molecule has 1 aromatic heterocycles. The molecule has 1 fully saturated rings. The lowest BCUT2D eigenvalue weighted by atomic mass is 9.88. The van der Waals surface area contributed by atoms with Crippen LogP contribution in [0.2, 0.25) is 0 Å². The zero-order chi connectivity index (χ0) is 16.2. The third-order valence-corrected chi connectivity index (χ3v) is 4.69. The second-order valence-corrected chi connectivity index (χ2v) is 6.68. The number of benzene rings is 1. The third-order valence-electron chi connectivity index (χ3n) is 4.69. The highest BCUT2D eigenvalue weighted by atomic mass is 16.5. The van der Waals surface area contributed by atoms with Crippen molar-refractivity contribution in [3.05, 3.63) is 52.9 Å². The molecule has 1 aromatic carbocycles. The van der Waals surface area contributed by atoms with Gasteiger partial charge in [-0.25, -0.2) is 0 Å². The molecule has 124 valence electrons. The van der Waals surface area contributed by atoms with Crippen molar-refractivity contribution in [2.75, 3.05) is 20.2 Å². The summed E-state index contributed by atoms with van der Waals surface area (Å²) < 4.78 is 10.9. The average molecular weight is 314 g/mol. The molecule has 1 aliphatic rings. The summed E-state index contributed by atoms with van der Waals surface area (Å²) in [6.07, 6.45) is 2.48. The Morgan fingerprint density at radius 3 is 2.87 bits per heavy atom. The first-order valence-electron chi connectivity index (χ1n) is 8.37. The second kappa shape index (κ2) is 7.28. The number of hydrogen-bond acceptors (Lipinski definition) is 4. The summed E-state index contributed by atoms with van der Waals surface area (Å²) in [5.41, 5.74) is 3.74. The highest BCUT2D eigenvalue weighted by Crippen LogP contribution is 2.25. The van der Waals surface area contributed by atoms with Crippen LogP contribution in [0.5, 0.6) is 0 Å². The molecule has 0 bridgehead atoms. The maximum Gasteiger partial charge on any atom is 0.133 e. The Morgan fingerprint density at radius 2 is 2.17 bits per heavy atom. The maximum atomic E-state index is 5.75. The van der Waals surface area contributed by atoms with E-state index in [1.54, 1.807) is 0 Å². The van der Waals surface area contributed by atoms with Crippen LogP contribution in [0.25, 0.3) is 0 Å². The van der Waals surface area contributed by atoms with Crippen LogP contribution in [-0.2, 0) is 17.7 Å². The van der Waals surface area contributed by atoms with Gasteiger partial charge in [0, 0.05) is 38.7 Å². The van der Waals surface area contributed by atoms with Gasteiger partial charge in [-0.3, -0.25) is 4.90 Å². The monoisotopic (exact) mass is 314 g/mol. The van der Waals surface area contributed by atoms with Gasteiger partial charge in [0.25, 0.3) is 0 Å². The number of ether oxygens (including phenoxy) is 1. The summed E-state index contributed by atoms with van der Waals surface area (Å²) in [5.74, 6) is 1.40. The van der Waals surface area contributed by atoms with Crippen molar-refractivity contribution < 1.29 is 9.26 Å². The molecule has 23 heavy (non-hydrogen) atoms. The smallest absolute Gasteiger partial charge is 0.133 e. The van der Waals surface area contributed by atoms with E-state index in [1.807, 2.05) is 20.1 Å². The van der Waals surface area contributed by atoms with Crippen molar-refractivity contribution in [1.82, 2.24) is 10.1 Å². The Balaban J connectivity index is 1.66. The Kier molecular flexibility index (Phi) is 5.13. The summed E-state index contributed by atoms with van der Waals surface area (Å²) in [6.45, 7) is 7.04. The standard InChI is InChI=1S/C19H26N2O2/c1-14-5-4-6-16(9-14)11-17-12-21(8-7-19(17)22-3)13-18-10-15(2)23-20-18/h4-6,9-10,17,19H,7-8,11-13H2,1-3H3/t17-,19-/m0/s1. The Labute approximate surface area is 138 Å². The number of methoxy groups -OCH3 is 1. The molecule has 1 saturated heterocycles. The van der Waals surface area contributed by atoms with Crippen LogP contribution in [0.1, 0.15) is 29.0 Å². The minimum atomic E-state index is 0.339. The number of rotatable bonds is 5. The summed E-state index contributed by atoms with van der Waals surface area (Å²) in [4.78, 5) is 2.47. The number of nitrogens with zero attached hydrogens (tertiary/aromatic N) is 2. The lowest BCUT2D eigenvalue weighted by Gasteiger charge is -2.37. The van der Waals surface area contributed by atoms with E-state index in [9.17, 15) is 0 Å². The van der Waals surface area contributed by atoms with Gasteiger partial charge in [0.2, 0.25) is 0 Å². The van der Waals surface area contributed by atoms with Gasteiger partial charge >= 0.3 is 0 Å². The SMILES string of the molecule is CO[C@H]1CCN(Cc2cc(C)on2)C[C@@H]1Cc1cccc(C)c1. The van der Waals surface area contributed by atoms with Crippen LogP contribution in [0, 0.1) is 19.8 Å². The summed E-state index contributed by atoms with van der Waals surface area (Å²) >= 11 is 0. The van der Waals surface area contributed by atoms with Gasteiger partial charge in [-0.05, 0) is 32.3 Å². The van der Waals surface area contributed by atoms with E-state index >= 15 is 0 Å². The van der Waals surface area contributed by atoms with Gasteiger partial charge in [0.05, 0.1) is 11.8 Å². The molecule has 0 amide bonds. The second-order valence-electron chi connectivity index (χ2n) is 6.68. The number of aromatic nitrogens is 1. The van der Waals surface area contributed by atoms with E-state index in [0.29, 0.717) is 12.0 Å². The van der Waals surface area contributed by atoms with Crippen LogP contribution in [-0.4, -0.2) is 36.4 Å². The van der Waals surface area contributed by atoms with Crippen molar-refractivity contribution in [1.29, 1.82) is 0 Å². The van der Waals surface area contributed by atoms with Crippen molar-refractivity contribution in [2.45, 2.75) is 39.3 Å². The minimum absolute atomic E-state index is 0.339. The van der Waals surface area contributed by atoms with Crippen molar-refractivity contribution in [3.8, 4) is 0 Å². The quantitative estimate of drug-likeness (QED) is 0.848. The fraction of sp³-hybridized carbons (Fsp3) is 0.526. The molecule has 4 nitrogen and oxygen atoms in total. The van der Waals surface area contributed by atoms with Gasteiger partial charge in [-0.2, -0.15) is 0 Å². The molecule has 2 atom stereocenters. The van der Waals surface area contributed by atoms with E-state index in [2.05, 4.69) is 41.2 Å². The fourth-order valence-electron chi connectivity index (χ4n) is 3.60. The van der Waals surface area contributed by atoms with Crippen LogP contribution in [0.4, 0.5) is 0 Å². The van der Waals surface area contributed by atoms with Gasteiger partial charge in [0.15, 0.2) is 0 Å². The summed E-state index contributed by atoms with van der Waals surface area (Å²) in [6, 6.07) is 10.8. The van der Waals surface area contributed by atoms with E-state index < -0.39 is 0 Å². The number of hydrogen-bond donors (Lipinski definition) is 0. The number of likely N-dealkylation sites (tertiary alicyclic amines) is 1. The molecule has 0 spiro atoms. The number of piperidine rings is 1. The van der Waals surface area contributed by atoms with Gasteiger partial charge in [-0.1, -0.05) is 35.0 Å². The molecule has 3 rings (SSSR count). The molecular formula is C19H26N2O2. The molecule has 4 heteroatoms. The molecule has 0 aliphatic carbocycles. The highest BCUT2D eigenvalue weighted by molar-refractivity contribution is 5.23. The van der Waals surface area contributed by atoms with Crippen LogP contribution in [0.15, 0.2) is 34.9 Å². The molecule has 2 aromatic rings. The normalized spacial score (nSPS) is 22.4. The Bertz CT molecular complexity index is 638. The Morgan fingerprint density at radius 1 is 1.30 bits per heavy atom. The van der Waals surface area contributed by atoms with Crippen LogP contribution >= 0.6 is 0 Å². The first-order valence-corrected chi connectivity index (χ1v) is 8.37.